The molecule has 2 aromatic rings. The number of halogens is 2. The van der Waals surface area contributed by atoms with Crippen LogP contribution in [0.2, 0.25) is 5.02 Å². The number of nitrogens with zero attached hydrogens (tertiary/aromatic N) is 1. The molecule has 2 nitrogen and oxygen atoms in total. The van der Waals surface area contributed by atoms with Crippen molar-refractivity contribution in [1.82, 2.24) is 10.3 Å². The number of rotatable bonds is 5. The van der Waals surface area contributed by atoms with Crippen LogP contribution in [0.4, 0.5) is 4.39 Å². The summed E-state index contributed by atoms with van der Waals surface area (Å²) in [5.41, 5.74) is 1.51. The lowest BCUT2D eigenvalue weighted by Crippen LogP contribution is -2.12. The minimum atomic E-state index is -0.395. The lowest BCUT2D eigenvalue weighted by Gasteiger charge is -2.04. The molecule has 108 valence electrons. The molecular formula is C15H18ClFN2S. The molecule has 0 saturated heterocycles. The summed E-state index contributed by atoms with van der Waals surface area (Å²) in [4.78, 5) is 5.78. The second kappa shape index (κ2) is 6.66. The van der Waals surface area contributed by atoms with Crippen LogP contribution in [0.1, 0.15) is 37.3 Å². The molecule has 0 aliphatic rings. The van der Waals surface area contributed by atoms with E-state index in [1.54, 1.807) is 18.2 Å². The van der Waals surface area contributed by atoms with E-state index in [4.69, 9.17) is 11.6 Å². The average molecular weight is 313 g/mol. The van der Waals surface area contributed by atoms with Crippen LogP contribution >= 0.6 is 22.9 Å². The second-order valence-corrected chi connectivity index (χ2v) is 6.35. The summed E-state index contributed by atoms with van der Waals surface area (Å²) in [7, 11) is 0. The van der Waals surface area contributed by atoms with Gasteiger partial charge in [0.25, 0.3) is 0 Å². The third-order valence-electron chi connectivity index (χ3n) is 2.99. The van der Waals surface area contributed by atoms with Gasteiger partial charge in [0, 0.05) is 17.0 Å². The summed E-state index contributed by atoms with van der Waals surface area (Å²) in [6.45, 7) is 7.93. The van der Waals surface area contributed by atoms with Gasteiger partial charge in [0.05, 0.1) is 10.7 Å². The van der Waals surface area contributed by atoms with Crippen molar-refractivity contribution in [2.45, 2.75) is 33.2 Å². The first-order chi connectivity index (χ1) is 9.54. The van der Waals surface area contributed by atoms with Gasteiger partial charge in [-0.05, 0) is 24.6 Å². The van der Waals surface area contributed by atoms with Gasteiger partial charge in [-0.2, -0.15) is 0 Å². The number of benzene rings is 1. The first-order valence-electron chi connectivity index (χ1n) is 6.69. The van der Waals surface area contributed by atoms with Crippen molar-refractivity contribution in [3.8, 4) is 10.6 Å². The molecule has 20 heavy (non-hydrogen) atoms. The third-order valence-corrected chi connectivity index (χ3v) is 4.39. The first kappa shape index (κ1) is 15.4. The van der Waals surface area contributed by atoms with E-state index in [-0.39, 0.29) is 5.02 Å². The quantitative estimate of drug-likeness (QED) is 0.855. The van der Waals surface area contributed by atoms with E-state index in [2.05, 4.69) is 31.1 Å². The van der Waals surface area contributed by atoms with Gasteiger partial charge < -0.3 is 5.32 Å². The maximum absolute atomic E-state index is 14.1. The van der Waals surface area contributed by atoms with E-state index >= 15 is 0 Å². The molecule has 0 fully saturated rings. The van der Waals surface area contributed by atoms with E-state index in [0.717, 1.165) is 23.7 Å². The Morgan fingerprint density at radius 2 is 2.15 bits per heavy atom. The molecule has 0 spiro atoms. The van der Waals surface area contributed by atoms with Crippen molar-refractivity contribution < 1.29 is 4.39 Å². The van der Waals surface area contributed by atoms with Crippen LogP contribution < -0.4 is 5.32 Å². The molecular weight excluding hydrogens is 295 g/mol. The fraction of sp³-hybridized carbons (Fsp3) is 0.400. The maximum Gasteiger partial charge on any atom is 0.152 e. The highest BCUT2D eigenvalue weighted by Gasteiger charge is 2.18. The van der Waals surface area contributed by atoms with Gasteiger partial charge in [0.2, 0.25) is 0 Å². The largest absolute Gasteiger partial charge is 0.312 e. The highest BCUT2D eigenvalue weighted by Crippen LogP contribution is 2.34. The van der Waals surface area contributed by atoms with Crippen molar-refractivity contribution >= 4 is 22.9 Å². The molecule has 0 amide bonds. The standard InChI is InChI=1S/C15H18ClFN2S/c1-4-18-8-12-14(9(2)3)19-15(20-12)10-6-5-7-11(16)13(10)17/h5-7,9,18H,4,8H2,1-3H3. The summed E-state index contributed by atoms with van der Waals surface area (Å²) in [6, 6.07) is 5.03. The van der Waals surface area contributed by atoms with E-state index in [0.29, 0.717) is 16.5 Å². The molecule has 1 aromatic heterocycles. The van der Waals surface area contributed by atoms with Crippen LogP contribution in [0.15, 0.2) is 18.2 Å². The van der Waals surface area contributed by atoms with E-state index in [1.807, 2.05) is 0 Å². The van der Waals surface area contributed by atoms with Crippen LogP contribution in [0, 0.1) is 5.82 Å². The van der Waals surface area contributed by atoms with Gasteiger partial charge in [-0.3, -0.25) is 0 Å². The predicted molar refractivity (Wildman–Crippen MR) is 84.0 cm³/mol. The highest BCUT2D eigenvalue weighted by atomic mass is 35.5. The average Bonchev–Trinajstić information content (AvgIpc) is 2.83. The minimum Gasteiger partial charge on any atom is -0.312 e. The van der Waals surface area contributed by atoms with Crippen LogP contribution in [-0.4, -0.2) is 11.5 Å². The zero-order valence-corrected chi connectivity index (χ0v) is 13.4. The van der Waals surface area contributed by atoms with Crippen LogP contribution in [0.3, 0.4) is 0 Å². The minimum absolute atomic E-state index is 0.136. The molecule has 0 atom stereocenters. The number of hydrogen-bond acceptors (Lipinski definition) is 3. The van der Waals surface area contributed by atoms with Crippen molar-refractivity contribution in [2.75, 3.05) is 6.54 Å². The van der Waals surface area contributed by atoms with Gasteiger partial charge in [-0.1, -0.05) is 38.4 Å². The van der Waals surface area contributed by atoms with Crippen molar-refractivity contribution in [2.24, 2.45) is 0 Å². The SMILES string of the molecule is CCNCc1sc(-c2cccc(Cl)c2F)nc1C(C)C. The summed E-state index contributed by atoms with van der Waals surface area (Å²) >= 11 is 7.38. The maximum atomic E-state index is 14.1. The van der Waals surface area contributed by atoms with Crippen LogP contribution in [0.25, 0.3) is 10.6 Å². The van der Waals surface area contributed by atoms with Gasteiger partial charge in [0.1, 0.15) is 5.01 Å². The zero-order chi connectivity index (χ0) is 14.7. The van der Waals surface area contributed by atoms with Gasteiger partial charge in [0.15, 0.2) is 5.82 Å². The number of nitrogens with one attached hydrogen (secondary N) is 1. The number of thiazole rings is 1. The fourth-order valence-corrected chi connectivity index (χ4v) is 3.34. The monoisotopic (exact) mass is 312 g/mol. The Morgan fingerprint density at radius 1 is 1.40 bits per heavy atom. The van der Waals surface area contributed by atoms with Gasteiger partial charge in [-0.15, -0.1) is 11.3 Å². The molecule has 0 unspecified atom stereocenters. The molecule has 1 N–H and O–H groups in total. The molecule has 2 rings (SSSR count). The highest BCUT2D eigenvalue weighted by molar-refractivity contribution is 7.15. The lowest BCUT2D eigenvalue weighted by atomic mass is 10.1. The second-order valence-electron chi connectivity index (χ2n) is 4.86. The molecule has 5 heteroatoms. The summed E-state index contributed by atoms with van der Waals surface area (Å²) in [5, 5.41) is 4.13. The summed E-state index contributed by atoms with van der Waals surface area (Å²) in [6.07, 6.45) is 0. The molecule has 0 bridgehead atoms. The lowest BCUT2D eigenvalue weighted by molar-refractivity contribution is 0.631. The molecule has 0 aliphatic carbocycles. The summed E-state index contributed by atoms with van der Waals surface area (Å²) in [5.74, 6) is -0.0795. The third kappa shape index (κ3) is 3.19. The van der Waals surface area contributed by atoms with Crippen molar-refractivity contribution in [1.29, 1.82) is 0 Å². The van der Waals surface area contributed by atoms with Gasteiger partial charge in [-0.25, -0.2) is 9.37 Å². The van der Waals surface area contributed by atoms with E-state index < -0.39 is 5.82 Å². The molecule has 0 radical (unpaired) electrons. The number of aromatic nitrogens is 1. The van der Waals surface area contributed by atoms with Crippen molar-refractivity contribution in [3.05, 3.63) is 39.6 Å². The molecule has 1 aromatic carbocycles. The Bertz CT molecular complexity index is 596. The zero-order valence-electron chi connectivity index (χ0n) is 11.8. The number of hydrogen-bond donors (Lipinski definition) is 1. The normalized spacial score (nSPS) is 11.3. The Balaban J connectivity index is 2.44. The summed E-state index contributed by atoms with van der Waals surface area (Å²) < 4.78 is 14.1. The smallest absolute Gasteiger partial charge is 0.152 e. The van der Waals surface area contributed by atoms with Gasteiger partial charge >= 0.3 is 0 Å². The van der Waals surface area contributed by atoms with Crippen LogP contribution in [-0.2, 0) is 6.54 Å². The molecule has 1 heterocycles. The fourth-order valence-electron chi connectivity index (χ4n) is 1.96. The Morgan fingerprint density at radius 3 is 2.80 bits per heavy atom. The molecule has 0 saturated carbocycles. The van der Waals surface area contributed by atoms with Crippen LogP contribution in [0.5, 0.6) is 0 Å². The topological polar surface area (TPSA) is 24.9 Å². The first-order valence-corrected chi connectivity index (χ1v) is 7.88. The Labute approximate surface area is 128 Å². The Kier molecular flexibility index (Phi) is 5.13. The predicted octanol–water partition coefficient (Wildman–Crippen LogP) is 4.84. The molecule has 0 aliphatic heterocycles. The van der Waals surface area contributed by atoms with Crippen molar-refractivity contribution in [3.63, 3.8) is 0 Å². The van der Waals surface area contributed by atoms with E-state index in [1.165, 1.54) is 11.3 Å². The Hall–Kier alpha value is -0.970. The van der Waals surface area contributed by atoms with E-state index in [9.17, 15) is 4.39 Å².